The molecule has 1 aliphatic heterocycles. The van der Waals surface area contributed by atoms with Gasteiger partial charge in [-0.3, -0.25) is 4.79 Å². The monoisotopic (exact) mass is 305 g/mol. The summed E-state index contributed by atoms with van der Waals surface area (Å²) in [6.07, 6.45) is 9.66. The lowest BCUT2D eigenvalue weighted by Gasteiger charge is -2.26. The van der Waals surface area contributed by atoms with E-state index in [2.05, 4.69) is 9.97 Å². The molecule has 1 saturated heterocycles. The highest BCUT2D eigenvalue weighted by molar-refractivity contribution is 5.79. The second-order valence-corrected chi connectivity index (χ2v) is 6.02. The fraction of sp³-hybridized carbons (Fsp3) is 0.688. The van der Waals surface area contributed by atoms with Crippen LogP contribution in [0.3, 0.4) is 0 Å². The van der Waals surface area contributed by atoms with E-state index in [0.717, 1.165) is 25.8 Å². The van der Waals surface area contributed by atoms with Crippen LogP contribution in [0.15, 0.2) is 12.4 Å². The van der Waals surface area contributed by atoms with Gasteiger partial charge in [0, 0.05) is 31.3 Å². The van der Waals surface area contributed by atoms with E-state index in [9.17, 15) is 4.79 Å². The number of likely N-dealkylation sites (tertiary alicyclic amines) is 1. The maximum Gasteiger partial charge on any atom is 0.278 e. The molecule has 0 radical (unpaired) electrons. The summed E-state index contributed by atoms with van der Waals surface area (Å²) in [5, 5.41) is 0. The first-order valence-corrected chi connectivity index (χ1v) is 8.08. The van der Waals surface area contributed by atoms with Gasteiger partial charge >= 0.3 is 0 Å². The minimum absolute atomic E-state index is 0.0295. The van der Waals surface area contributed by atoms with E-state index in [1.165, 1.54) is 19.3 Å². The van der Waals surface area contributed by atoms with E-state index in [4.69, 9.17) is 9.47 Å². The molecule has 1 aromatic heterocycles. The SMILES string of the molecule is COc1nccnc1OC1CCN(C(=O)C2CCCCC2)C1. The van der Waals surface area contributed by atoms with E-state index in [1.807, 2.05) is 4.90 Å². The molecule has 2 heterocycles. The maximum absolute atomic E-state index is 12.5. The third-order valence-corrected chi connectivity index (χ3v) is 4.52. The predicted molar refractivity (Wildman–Crippen MR) is 80.8 cm³/mol. The fourth-order valence-corrected chi connectivity index (χ4v) is 3.32. The van der Waals surface area contributed by atoms with Crippen LogP contribution < -0.4 is 9.47 Å². The Morgan fingerprint density at radius 1 is 1.14 bits per heavy atom. The van der Waals surface area contributed by atoms with Crippen LogP contribution in [0, 0.1) is 5.92 Å². The molecule has 0 bridgehead atoms. The Morgan fingerprint density at radius 2 is 1.86 bits per heavy atom. The van der Waals surface area contributed by atoms with Gasteiger partial charge < -0.3 is 14.4 Å². The van der Waals surface area contributed by atoms with Gasteiger partial charge in [0.25, 0.3) is 11.8 Å². The Labute approximate surface area is 130 Å². The van der Waals surface area contributed by atoms with Crippen molar-refractivity contribution in [2.24, 2.45) is 5.92 Å². The average Bonchev–Trinajstić information content (AvgIpc) is 3.04. The highest BCUT2D eigenvalue weighted by Crippen LogP contribution is 2.28. The molecule has 6 nitrogen and oxygen atoms in total. The fourth-order valence-electron chi connectivity index (χ4n) is 3.32. The molecule has 0 aromatic carbocycles. The van der Waals surface area contributed by atoms with Crippen molar-refractivity contribution >= 4 is 5.91 Å². The largest absolute Gasteiger partial charge is 0.477 e. The van der Waals surface area contributed by atoms with Gasteiger partial charge in [0.15, 0.2) is 0 Å². The normalized spacial score (nSPS) is 22.6. The smallest absolute Gasteiger partial charge is 0.278 e. The van der Waals surface area contributed by atoms with E-state index in [-0.39, 0.29) is 12.0 Å². The third kappa shape index (κ3) is 3.31. The van der Waals surface area contributed by atoms with Gasteiger partial charge in [0.1, 0.15) is 6.10 Å². The molecule has 1 atom stereocenters. The van der Waals surface area contributed by atoms with Crippen molar-refractivity contribution in [3.8, 4) is 11.8 Å². The molecule has 22 heavy (non-hydrogen) atoms. The number of hydrogen-bond acceptors (Lipinski definition) is 5. The Morgan fingerprint density at radius 3 is 2.59 bits per heavy atom. The molecule has 6 heteroatoms. The lowest BCUT2D eigenvalue weighted by atomic mass is 9.88. The summed E-state index contributed by atoms with van der Waals surface area (Å²) in [6, 6.07) is 0. The molecule has 1 amide bonds. The zero-order chi connectivity index (χ0) is 15.4. The molecule has 1 aromatic rings. The van der Waals surface area contributed by atoms with Crippen molar-refractivity contribution < 1.29 is 14.3 Å². The standard InChI is InChI=1S/C16H23N3O3/c1-21-14-15(18-9-8-17-14)22-13-7-10-19(11-13)16(20)12-5-3-2-4-6-12/h8-9,12-13H,2-7,10-11H2,1H3. The summed E-state index contributed by atoms with van der Waals surface area (Å²) in [4.78, 5) is 22.7. The number of nitrogens with zero attached hydrogens (tertiary/aromatic N) is 3. The average molecular weight is 305 g/mol. The summed E-state index contributed by atoms with van der Waals surface area (Å²) in [6.45, 7) is 1.40. The molecule has 120 valence electrons. The molecule has 1 aliphatic carbocycles. The number of rotatable bonds is 4. The van der Waals surface area contributed by atoms with Gasteiger partial charge in [-0.2, -0.15) is 0 Å². The number of amides is 1. The second-order valence-electron chi connectivity index (χ2n) is 6.02. The van der Waals surface area contributed by atoms with Crippen molar-refractivity contribution in [2.45, 2.75) is 44.6 Å². The highest BCUT2D eigenvalue weighted by Gasteiger charge is 2.32. The number of carbonyl (C=O) groups excluding carboxylic acids is 1. The Bertz CT molecular complexity index is 517. The van der Waals surface area contributed by atoms with E-state index in [0.29, 0.717) is 24.2 Å². The number of ether oxygens (including phenoxy) is 2. The molecule has 3 rings (SSSR count). The van der Waals surface area contributed by atoms with Crippen LogP contribution in [-0.4, -0.2) is 47.1 Å². The van der Waals surface area contributed by atoms with Gasteiger partial charge in [-0.15, -0.1) is 0 Å². The van der Waals surface area contributed by atoms with Gasteiger partial charge in [0.2, 0.25) is 5.91 Å². The lowest BCUT2D eigenvalue weighted by molar-refractivity contribution is -0.135. The molecule has 2 fully saturated rings. The second kappa shape index (κ2) is 6.94. The van der Waals surface area contributed by atoms with Crippen LogP contribution in [0.4, 0.5) is 0 Å². The van der Waals surface area contributed by atoms with Crippen molar-refractivity contribution in [2.75, 3.05) is 20.2 Å². The summed E-state index contributed by atoms with van der Waals surface area (Å²) in [5.41, 5.74) is 0. The zero-order valence-electron chi connectivity index (χ0n) is 13.0. The molecule has 0 N–H and O–H groups in total. The van der Waals surface area contributed by atoms with Gasteiger partial charge in [-0.05, 0) is 12.8 Å². The van der Waals surface area contributed by atoms with Crippen LogP contribution in [0.5, 0.6) is 11.8 Å². The Kier molecular flexibility index (Phi) is 4.75. The first-order chi connectivity index (χ1) is 10.8. The number of aromatic nitrogens is 2. The summed E-state index contributed by atoms with van der Waals surface area (Å²) < 4.78 is 11.0. The Balaban J connectivity index is 1.56. The van der Waals surface area contributed by atoms with Gasteiger partial charge in [-0.1, -0.05) is 19.3 Å². The Hall–Kier alpha value is -1.85. The minimum atomic E-state index is -0.0295. The summed E-state index contributed by atoms with van der Waals surface area (Å²) in [7, 11) is 1.55. The van der Waals surface area contributed by atoms with Crippen LogP contribution in [0.1, 0.15) is 38.5 Å². The van der Waals surface area contributed by atoms with E-state index >= 15 is 0 Å². The van der Waals surface area contributed by atoms with Gasteiger partial charge in [0.05, 0.1) is 13.7 Å². The molecule has 1 unspecified atom stereocenters. The van der Waals surface area contributed by atoms with E-state index < -0.39 is 0 Å². The minimum Gasteiger partial charge on any atom is -0.477 e. The van der Waals surface area contributed by atoms with E-state index in [1.54, 1.807) is 19.5 Å². The molecule has 1 saturated carbocycles. The molecule has 2 aliphatic rings. The quantitative estimate of drug-likeness (QED) is 0.852. The van der Waals surface area contributed by atoms with Crippen LogP contribution in [0.2, 0.25) is 0 Å². The zero-order valence-corrected chi connectivity index (χ0v) is 13.0. The number of methoxy groups -OCH3 is 1. The lowest BCUT2D eigenvalue weighted by Crippen LogP contribution is -2.36. The van der Waals surface area contributed by atoms with Crippen LogP contribution >= 0.6 is 0 Å². The molecular weight excluding hydrogens is 282 g/mol. The molecule has 0 spiro atoms. The van der Waals surface area contributed by atoms with Crippen molar-refractivity contribution in [1.29, 1.82) is 0 Å². The number of hydrogen-bond donors (Lipinski definition) is 0. The van der Waals surface area contributed by atoms with Crippen molar-refractivity contribution in [3.63, 3.8) is 0 Å². The maximum atomic E-state index is 12.5. The third-order valence-electron chi connectivity index (χ3n) is 4.52. The topological polar surface area (TPSA) is 64.6 Å². The predicted octanol–water partition coefficient (Wildman–Crippen LogP) is 2.05. The molecular formula is C16H23N3O3. The van der Waals surface area contributed by atoms with Crippen LogP contribution in [0.25, 0.3) is 0 Å². The van der Waals surface area contributed by atoms with Crippen molar-refractivity contribution in [3.05, 3.63) is 12.4 Å². The highest BCUT2D eigenvalue weighted by atomic mass is 16.5. The first kappa shape index (κ1) is 15.1. The summed E-state index contributed by atoms with van der Waals surface area (Å²) in [5.74, 6) is 1.32. The van der Waals surface area contributed by atoms with Crippen LogP contribution in [-0.2, 0) is 4.79 Å². The first-order valence-electron chi connectivity index (χ1n) is 8.08. The van der Waals surface area contributed by atoms with Gasteiger partial charge in [-0.25, -0.2) is 9.97 Å². The summed E-state index contributed by atoms with van der Waals surface area (Å²) >= 11 is 0. The number of carbonyl (C=O) groups is 1. The van der Waals surface area contributed by atoms with Crippen molar-refractivity contribution in [1.82, 2.24) is 14.9 Å².